The molecule has 1 amide bonds. The number of hydrogen-bond donors (Lipinski definition) is 1. The fourth-order valence-corrected chi connectivity index (χ4v) is 2.42. The van der Waals surface area contributed by atoms with Gasteiger partial charge in [0.25, 0.3) is 0 Å². The molecule has 1 aromatic heterocycles. The van der Waals surface area contributed by atoms with E-state index in [1.807, 2.05) is 34.6 Å². The summed E-state index contributed by atoms with van der Waals surface area (Å²) < 4.78 is 10.5. The highest BCUT2D eigenvalue weighted by atomic mass is 16.6. The molecule has 0 bridgehead atoms. The number of nitrogens with one attached hydrogen (secondary N) is 1. The molecule has 1 atom stereocenters. The van der Waals surface area contributed by atoms with Crippen LogP contribution in [0, 0.1) is 13.8 Å². The minimum absolute atomic E-state index is 0.232. The highest BCUT2D eigenvalue weighted by molar-refractivity contribution is 5.68. The van der Waals surface area contributed by atoms with Crippen molar-refractivity contribution in [3.8, 4) is 0 Å². The molecule has 6 nitrogen and oxygen atoms in total. The molecule has 0 saturated carbocycles. The molecule has 0 aromatic carbocycles. The summed E-state index contributed by atoms with van der Waals surface area (Å²) in [6.07, 6.45) is 0.701. The van der Waals surface area contributed by atoms with Crippen LogP contribution in [-0.2, 0) is 11.3 Å². The lowest BCUT2D eigenvalue weighted by Crippen LogP contribution is -2.38. The van der Waals surface area contributed by atoms with Crippen molar-refractivity contribution in [2.75, 3.05) is 13.1 Å². The first-order chi connectivity index (χ1) is 9.76. The minimum Gasteiger partial charge on any atom is -0.444 e. The van der Waals surface area contributed by atoms with Crippen molar-refractivity contribution in [3.63, 3.8) is 0 Å². The van der Waals surface area contributed by atoms with E-state index >= 15 is 0 Å². The van der Waals surface area contributed by atoms with Gasteiger partial charge in [-0.15, -0.1) is 0 Å². The number of rotatable bonds is 3. The molecule has 2 heterocycles. The molecule has 1 aliphatic rings. The minimum atomic E-state index is -0.445. The average Bonchev–Trinajstić information content (AvgIpc) is 2.94. The zero-order valence-corrected chi connectivity index (χ0v) is 13.5. The Kier molecular flexibility index (Phi) is 4.56. The van der Waals surface area contributed by atoms with Gasteiger partial charge in [0, 0.05) is 31.2 Å². The molecule has 1 saturated heterocycles. The Hall–Kier alpha value is -1.56. The molecule has 0 aliphatic carbocycles. The monoisotopic (exact) mass is 295 g/mol. The van der Waals surface area contributed by atoms with E-state index in [0.29, 0.717) is 13.1 Å². The Morgan fingerprint density at radius 1 is 1.48 bits per heavy atom. The van der Waals surface area contributed by atoms with Gasteiger partial charge < -0.3 is 19.5 Å². The van der Waals surface area contributed by atoms with Crippen molar-refractivity contribution < 1.29 is 14.1 Å². The smallest absolute Gasteiger partial charge is 0.410 e. The number of amides is 1. The Morgan fingerprint density at radius 3 is 2.76 bits per heavy atom. The number of aromatic nitrogens is 1. The molecular formula is C15H25N3O3. The fourth-order valence-electron chi connectivity index (χ4n) is 2.42. The van der Waals surface area contributed by atoms with Crippen LogP contribution >= 0.6 is 0 Å². The van der Waals surface area contributed by atoms with Gasteiger partial charge in [0.1, 0.15) is 11.4 Å². The van der Waals surface area contributed by atoms with E-state index in [9.17, 15) is 4.79 Å². The maximum Gasteiger partial charge on any atom is 0.410 e. The van der Waals surface area contributed by atoms with Gasteiger partial charge in [-0.1, -0.05) is 5.16 Å². The number of likely N-dealkylation sites (tertiary alicyclic amines) is 1. The lowest BCUT2D eigenvalue weighted by molar-refractivity contribution is 0.0291. The van der Waals surface area contributed by atoms with E-state index in [1.165, 1.54) is 0 Å². The zero-order valence-electron chi connectivity index (χ0n) is 13.5. The van der Waals surface area contributed by atoms with Gasteiger partial charge in [0.15, 0.2) is 0 Å². The first kappa shape index (κ1) is 15.8. The largest absolute Gasteiger partial charge is 0.444 e. The summed E-state index contributed by atoms with van der Waals surface area (Å²) in [6, 6.07) is 0.284. The van der Waals surface area contributed by atoms with Crippen LogP contribution in [0.25, 0.3) is 0 Å². The summed E-state index contributed by atoms with van der Waals surface area (Å²) in [7, 11) is 0. The van der Waals surface area contributed by atoms with E-state index in [4.69, 9.17) is 9.26 Å². The van der Waals surface area contributed by atoms with E-state index in [-0.39, 0.29) is 12.1 Å². The molecule has 21 heavy (non-hydrogen) atoms. The quantitative estimate of drug-likeness (QED) is 0.927. The second-order valence-corrected chi connectivity index (χ2v) is 6.60. The molecule has 1 aromatic rings. The third-order valence-electron chi connectivity index (χ3n) is 3.59. The summed E-state index contributed by atoms with van der Waals surface area (Å²) >= 11 is 0. The number of aryl methyl sites for hydroxylation is 2. The number of carbonyl (C=O) groups is 1. The summed E-state index contributed by atoms with van der Waals surface area (Å²) in [5.74, 6) is 0.849. The van der Waals surface area contributed by atoms with Gasteiger partial charge >= 0.3 is 6.09 Å². The van der Waals surface area contributed by atoms with Crippen molar-refractivity contribution >= 4 is 6.09 Å². The van der Waals surface area contributed by atoms with E-state index in [0.717, 1.165) is 30.0 Å². The topological polar surface area (TPSA) is 67.6 Å². The number of nitrogens with zero attached hydrogens (tertiary/aromatic N) is 2. The van der Waals surface area contributed by atoms with Gasteiger partial charge in [0.2, 0.25) is 0 Å². The van der Waals surface area contributed by atoms with Crippen LogP contribution in [0.3, 0.4) is 0 Å². The zero-order chi connectivity index (χ0) is 15.6. The van der Waals surface area contributed by atoms with E-state index in [2.05, 4.69) is 10.5 Å². The van der Waals surface area contributed by atoms with Gasteiger partial charge in [-0.25, -0.2) is 4.79 Å². The normalized spacial score (nSPS) is 19.1. The van der Waals surface area contributed by atoms with Crippen LogP contribution in [0.15, 0.2) is 4.52 Å². The molecule has 1 N–H and O–H groups in total. The maximum absolute atomic E-state index is 12.0. The standard InChI is InChI=1S/C15H25N3O3/c1-10-13(11(2)21-17-10)8-16-12-6-7-18(9-12)14(19)20-15(3,4)5/h12,16H,6-9H2,1-5H3. The van der Waals surface area contributed by atoms with Crippen LogP contribution < -0.4 is 5.32 Å². The molecule has 0 spiro atoms. The first-order valence-electron chi connectivity index (χ1n) is 7.39. The number of ether oxygens (including phenoxy) is 1. The maximum atomic E-state index is 12.0. The lowest BCUT2D eigenvalue weighted by Gasteiger charge is -2.24. The van der Waals surface area contributed by atoms with Crippen molar-refractivity contribution in [1.82, 2.24) is 15.4 Å². The third kappa shape index (κ3) is 4.20. The molecule has 1 aliphatic heterocycles. The Balaban J connectivity index is 1.82. The van der Waals surface area contributed by atoms with Gasteiger partial charge in [-0.2, -0.15) is 0 Å². The fraction of sp³-hybridized carbons (Fsp3) is 0.733. The van der Waals surface area contributed by atoms with Crippen LogP contribution in [0.2, 0.25) is 0 Å². The lowest BCUT2D eigenvalue weighted by atomic mass is 10.2. The molecule has 1 unspecified atom stereocenters. The van der Waals surface area contributed by atoms with Crippen molar-refractivity contribution in [3.05, 3.63) is 17.0 Å². The van der Waals surface area contributed by atoms with Crippen molar-refractivity contribution in [2.24, 2.45) is 0 Å². The van der Waals surface area contributed by atoms with E-state index < -0.39 is 5.60 Å². The Bertz CT molecular complexity index is 485. The highest BCUT2D eigenvalue weighted by Gasteiger charge is 2.29. The van der Waals surface area contributed by atoms with Crippen LogP contribution in [0.4, 0.5) is 4.79 Å². The van der Waals surface area contributed by atoms with Crippen LogP contribution in [0.1, 0.15) is 44.2 Å². The number of hydrogen-bond acceptors (Lipinski definition) is 5. The van der Waals surface area contributed by atoms with Crippen LogP contribution in [-0.4, -0.2) is 40.9 Å². The Morgan fingerprint density at radius 2 is 2.19 bits per heavy atom. The summed E-state index contributed by atoms with van der Waals surface area (Å²) in [5.41, 5.74) is 1.58. The summed E-state index contributed by atoms with van der Waals surface area (Å²) in [6.45, 7) is 11.6. The second-order valence-electron chi connectivity index (χ2n) is 6.60. The third-order valence-corrected chi connectivity index (χ3v) is 3.59. The molecule has 118 valence electrons. The van der Waals surface area contributed by atoms with Gasteiger partial charge in [-0.3, -0.25) is 0 Å². The van der Waals surface area contributed by atoms with E-state index in [1.54, 1.807) is 4.90 Å². The van der Waals surface area contributed by atoms with Crippen molar-refractivity contribution in [1.29, 1.82) is 0 Å². The number of carbonyl (C=O) groups excluding carboxylic acids is 1. The van der Waals surface area contributed by atoms with Crippen LogP contribution in [0.5, 0.6) is 0 Å². The average molecular weight is 295 g/mol. The Labute approximate surface area is 125 Å². The molecule has 1 fully saturated rings. The first-order valence-corrected chi connectivity index (χ1v) is 7.39. The SMILES string of the molecule is Cc1noc(C)c1CNC1CCN(C(=O)OC(C)(C)C)C1. The van der Waals surface area contributed by atoms with Crippen molar-refractivity contribution in [2.45, 2.75) is 59.2 Å². The van der Waals surface area contributed by atoms with Gasteiger partial charge in [0.05, 0.1) is 5.69 Å². The molecule has 2 rings (SSSR count). The predicted octanol–water partition coefficient (Wildman–Crippen LogP) is 2.39. The molecule has 0 radical (unpaired) electrons. The molecular weight excluding hydrogens is 270 g/mol. The molecule has 6 heteroatoms. The summed E-state index contributed by atoms with van der Waals surface area (Å²) in [5, 5.41) is 7.41. The summed E-state index contributed by atoms with van der Waals surface area (Å²) in [4.78, 5) is 13.8. The van der Waals surface area contributed by atoms with Gasteiger partial charge in [-0.05, 0) is 41.0 Å². The second kappa shape index (κ2) is 6.05. The highest BCUT2D eigenvalue weighted by Crippen LogP contribution is 2.17. The predicted molar refractivity (Wildman–Crippen MR) is 79.0 cm³/mol.